The van der Waals surface area contributed by atoms with Gasteiger partial charge in [-0.15, -0.1) is 0 Å². The summed E-state index contributed by atoms with van der Waals surface area (Å²) in [5, 5.41) is 1.94. The summed E-state index contributed by atoms with van der Waals surface area (Å²) in [7, 11) is 0. The van der Waals surface area contributed by atoms with Gasteiger partial charge in [-0.2, -0.15) is 4.98 Å². The molecule has 0 N–H and O–H groups in total. The van der Waals surface area contributed by atoms with Gasteiger partial charge in [-0.25, -0.2) is 4.98 Å². The maximum Gasteiger partial charge on any atom is 0.231 e. The third kappa shape index (κ3) is 6.28. The Morgan fingerprint density at radius 1 is 0.291 bits per heavy atom. The number of fused-ring (bicyclic) bond motifs is 3. The molecule has 0 spiro atoms. The van der Waals surface area contributed by atoms with Gasteiger partial charge in [0.1, 0.15) is 5.58 Å². The molecule has 0 radical (unpaired) electrons. The van der Waals surface area contributed by atoms with Crippen LogP contribution in [0.5, 0.6) is 0 Å². The molecule has 0 atom stereocenters. The fourth-order valence-corrected chi connectivity index (χ4v) is 7.49. The number of hydrogen-bond acceptors (Lipinski definition) is 3. The number of benzene rings is 8. The first-order valence-electron chi connectivity index (χ1n) is 18.6. The van der Waals surface area contributed by atoms with Crippen LogP contribution in [0, 0.1) is 0 Å². The molecule has 0 bridgehead atoms. The molecule has 3 nitrogen and oxygen atoms in total. The van der Waals surface area contributed by atoms with Crippen molar-refractivity contribution in [1.82, 2.24) is 9.97 Å². The van der Waals surface area contributed by atoms with Gasteiger partial charge in [0.05, 0.1) is 11.1 Å². The van der Waals surface area contributed by atoms with Gasteiger partial charge in [-0.1, -0.05) is 176 Å². The van der Waals surface area contributed by atoms with Crippen LogP contribution in [0.2, 0.25) is 0 Å². The van der Waals surface area contributed by atoms with E-state index < -0.39 is 0 Å². The molecule has 0 amide bonds. The number of para-hydroxylation sites is 1. The highest BCUT2D eigenvalue weighted by molar-refractivity contribution is 6.10. The van der Waals surface area contributed by atoms with E-state index in [1.807, 2.05) is 36.4 Å². The van der Waals surface area contributed by atoms with E-state index in [1.165, 1.54) is 22.3 Å². The molecule has 0 aliphatic rings. The Kier molecular flexibility index (Phi) is 8.16. The lowest BCUT2D eigenvalue weighted by Gasteiger charge is -2.13. The first-order chi connectivity index (χ1) is 27.2. The van der Waals surface area contributed by atoms with Crippen LogP contribution in [-0.4, -0.2) is 9.97 Å². The predicted molar refractivity (Wildman–Crippen MR) is 227 cm³/mol. The summed E-state index contributed by atoms with van der Waals surface area (Å²) in [6.45, 7) is 0. The van der Waals surface area contributed by atoms with Crippen molar-refractivity contribution >= 4 is 22.1 Å². The highest BCUT2D eigenvalue weighted by Crippen LogP contribution is 2.38. The fourth-order valence-electron chi connectivity index (χ4n) is 7.49. The van der Waals surface area contributed by atoms with Crippen LogP contribution >= 0.6 is 0 Å². The molecule has 0 saturated heterocycles. The smallest absolute Gasteiger partial charge is 0.231 e. The number of rotatable bonds is 7. The maximum absolute atomic E-state index is 6.34. The largest absolute Gasteiger partial charge is 0.438 e. The normalized spacial score (nSPS) is 11.3. The average molecular weight is 703 g/mol. The molecule has 2 heterocycles. The molecule has 258 valence electrons. The van der Waals surface area contributed by atoms with Crippen molar-refractivity contribution in [3.8, 4) is 78.3 Å². The predicted octanol–water partition coefficient (Wildman–Crippen LogP) is 14.0. The second kappa shape index (κ2) is 13.9. The monoisotopic (exact) mass is 702 g/mol. The second-order valence-corrected chi connectivity index (χ2v) is 13.8. The van der Waals surface area contributed by atoms with Crippen LogP contribution in [0.1, 0.15) is 0 Å². The minimum absolute atomic E-state index is 0.581. The van der Waals surface area contributed by atoms with Gasteiger partial charge in [0.25, 0.3) is 0 Å². The quantitative estimate of drug-likeness (QED) is 0.166. The molecular formula is C52H34N2O. The fraction of sp³-hybridized carbons (Fsp3) is 0. The standard InChI is InChI=1S/C52H34N2O/c1-4-13-35(14-5-1)37-23-27-39(28-24-37)44-32-45(40-29-25-38(26-30-40)36-15-6-2-7-16-36)34-46(33-44)42-19-12-20-43(31-42)51-53-50(41-17-8-3-9-18-41)49-47-21-10-11-22-48(47)55-52(49)54-51/h1-34H. The Morgan fingerprint density at radius 3 is 1.25 bits per heavy atom. The van der Waals surface area contributed by atoms with Gasteiger partial charge in [-0.05, 0) is 86.0 Å². The van der Waals surface area contributed by atoms with Crippen molar-refractivity contribution in [2.24, 2.45) is 0 Å². The summed E-state index contributed by atoms with van der Waals surface area (Å²) in [6.07, 6.45) is 0. The Labute approximate surface area is 319 Å². The second-order valence-electron chi connectivity index (χ2n) is 13.8. The number of furan rings is 1. The van der Waals surface area contributed by atoms with E-state index in [4.69, 9.17) is 14.4 Å². The van der Waals surface area contributed by atoms with E-state index >= 15 is 0 Å². The van der Waals surface area contributed by atoms with Crippen LogP contribution in [0.3, 0.4) is 0 Å². The third-order valence-corrected chi connectivity index (χ3v) is 10.3. The van der Waals surface area contributed by atoms with Crippen molar-refractivity contribution in [2.75, 3.05) is 0 Å². The Balaban J connectivity index is 1.10. The molecular weight excluding hydrogens is 669 g/mol. The van der Waals surface area contributed by atoms with Crippen molar-refractivity contribution < 1.29 is 4.42 Å². The van der Waals surface area contributed by atoms with E-state index in [9.17, 15) is 0 Å². The zero-order chi connectivity index (χ0) is 36.6. The van der Waals surface area contributed by atoms with E-state index in [-0.39, 0.29) is 0 Å². The van der Waals surface area contributed by atoms with Crippen molar-refractivity contribution in [3.63, 3.8) is 0 Å². The van der Waals surface area contributed by atoms with E-state index in [2.05, 4.69) is 170 Å². The van der Waals surface area contributed by atoms with Crippen molar-refractivity contribution in [1.29, 1.82) is 0 Å². The molecule has 0 aliphatic heterocycles. The topological polar surface area (TPSA) is 38.9 Å². The first kappa shape index (κ1) is 32.3. The van der Waals surface area contributed by atoms with Crippen molar-refractivity contribution in [3.05, 3.63) is 206 Å². The summed E-state index contributed by atoms with van der Waals surface area (Å²) >= 11 is 0. The first-order valence-corrected chi connectivity index (χ1v) is 18.6. The maximum atomic E-state index is 6.34. The summed E-state index contributed by atoms with van der Waals surface area (Å²) in [5.41, 5.74) is 15.8. The van der Waals surface area contributed by atoms with E-state index in [0.717, 1.165) is 66.6 Å². The molecule has 2 aromatic heterocycles. The molecule has 0 saturated carbocycles. The minimum Gasteiger partial charge on any atom is -0.438 e. The molecule has 0 unspecified atom stereocenters. The van der Waals surface area contributed by atoms with Gasteiger partial charge in [0.2, 0.25) is 5.71 Å². The zero-order valence-corrected chi connectivity index (χ0v) is 29.9. The van der Waals surface area contributed by atoms with Gasteiger partial charge < -0.3 is 4.42 Å². The molecule has 3 heteroatoms. The summed E-state index contributed by atoms with van der Waals surface area (Å²) < 4.78 is 6.34. The van der Waals surface area contributed by atoms with Gasteiger partial charge in [0, 0.05) is 16.5 Å². The lowest BCUT2D eigenvalue weighted by atomic mass is 9.91. The lowest BCUT2D eigenvalue weighted by Crippen LogP contribution is -1.94. The molecule has 0 aliphatic carbocycles. The van der Waals surface area contributed by atoms with Crippen LogP contribution in [0.4, 0.5) is 0 Å². The SMILES string of the molecule is c1ccc(-c2ccc(-c3cc(-c4ccc(-c5ccccc5)cc4)cc(-c4cccc(-c5nc(-c6ccccc6)c6c(n5)oc5ccccc56)c4)c3)cc2)cc1. The number of aromatic nitrogens is 2. The summed E-state index contributed by atoms with van der Waals surface area (Å²) in [5.74, 6) is 0.622. The van der Waals surface area contributed by atoms with Crippen LogP contribution in [0.25, 0.3) is 100 Å². The molecule has 10 aromatic rings. The molecule has 0 fully saturated rings. The third-order valence-electron chi connectivity index (χ3n) is 10.3. The van der Waals surface area contributed by atoms with Crippen LogP contribution < -0.4 is 0 Å². The Hall–Kier alpha value is -7.36. The summed E-state index contributed by atoms with van der Waals surface area (Å²) in [6, 6.07) is 72.6. The highest BCUT2D eigenvalue weighted by atomic mass is 16.3. The van der Waals surface area contributed by atoms with E-state index in [1.54, 1.807) is 0 Å². The van der Waals surface area contributed by atoms with Crippen molar-refractivity contribution in [2.45, 2.75) is 0 Å². The molecule has 8 aromatic carbocycles. The minimum atomic E-state index is 0.581. The van der Waals surface area contributed by atoms with Crippen LogP contribution in [0.15, 0.2) is 211 Å². The molecule has 55 heavy (non-hydrogen) atoms. The Bertz CT molecular complexity index is 2830. The number of nitrogens with zero attached hydrogens (tertiary/aromatic N) is 2. The van der Waals surface area contributed by atoms with Crippen LogP contribution in [-0.2, 0) is 0 Å². The summed E-state index contributed by atoms with van der Waals surface area (Å²) in [4.78, 5) is 10.2. The Morgan fingerprint density at radius 2 is 0.691 bits per heavy atom. The average Bonchev–Trinajstić information content (AvgIpc) is 3.66. The zero-order valence-electron chi connectivity index (χ0n) is 29.9. The van der Waals surface area contributed by atoms with Gasteiger partial charge in [0.15, 0.2) is 5.82 Å². The highest BCUT2D eigenvalue weighted by Gasteiger charge is 2.18. The van der Waals surface area contributed by atoms with Gasteiger partial charge >= 0.3 is 0 Å². The number of hydrogen-bond donors (Lipinski definition) is 0. The van der Waals surface area contributed by atoms with Gasteiger partial charge in [-0.3, -0.25) is 0 Å². The molecule has 10 rings (SSSR count). The lowest BCUT2D eigenvalue weighted by molar-refractivity contribution is 0.653. The van der Waals surface area contributed by atoms with E-state index in [0.29, 0.717) is 11.5 Å².